The van der Waals surface area contributed by atoms with Gasteiger partial charge in [0.2, 0.25) is 35.5 Å². The number of ketones is 4. The van der Waals surface area contributed by atoms with Gasteiger partial charge in [-0.2, -0.15) is 19.9 Å². The largest absolute Gasteiger partial charge is 0.382 e. The molecule has 0 aliphatic heterocycles. The van der Waals surface area contributed by atoms with E-state index in [0.29, 0.717) is 86.5 Å². The fourth-order valence-electron chi connectivity index (χ4n) is 8.07. The van der Waals surface area contributed by atoms with E-state index in [2.05, 4.69) is 94.7 Å². The van der Waals surface area contributed by atoms with E-state index in [0.717, 1.165) is 4.57 Å². The Balaban J connectivity index is 0.000000421. The number of anilines is 4. The maximum absolute atomic E-state index is 12.5. The van der Waals surface area contributed by atoms with Crippen LogP contribution in [0.4, 0.5) is 23.5 Å². The van der Waals surface area contributed by atoms with Gasteiger partial charge < -0.3 is 71.5 Å². The zero-order valence-corrected chi connectivity index (χ0v) is 56.7. The second kappa shape index (κ2) is 41.0. The van der Waals surface area contributed by atoms with E-state index in [4.69, 9.17) is 5.73 Å². The summed E-state index contributed by atoms with van der Waals surface area (Å²) in [7, 11) is 14.9. The molecule has 0 aliphatic carbocycles. The highest BCUT2D eigenvalue weighted by atomic mass is 32.4. The molecule has 0 spiro atoms. The highest BCUT2D eigenvalue weighted by molar-refractivity contribution is 8.43. The molecule has 0 saturated carbocycles. The van der Waals surface area contributed by atoms with Gasteiger partial charge in [-0.15, -0.1) is 0 Å². The lowest BCUT2D eigenvalue weighted by Gasteiger charge is -2.21. The fourth-order valence-corrected chi connectivity index (χ4v) is 9.26. The minimum absolute atomic E-state index is 0. The molecule has 36 nitrogen and oxygen atoms in total. The first-order valence-electron chi connectivity index (χ1n) is 28.5. The van der Waals surface area contributed by atoms with Gasteiger partial charge in [-0.05, 0) is 68.9 Å². The van der Waals surface area contributed by atoms with Gasteiger partial charge in [-0.1, -0.05) is 25.3 Å². The van der Waals surface area contributed by atoms with Crippen molar-refractivity contribution in [2.24, 2.45) is 0 Å². The number of nitrogens with two attached hydrogens (primary N) is 1. The summed E-state index contributed by atoms with van der Waals surface area (Å²) in [6.07, 6.45) is 5.75. The molecule has 0 aliphatic rings. The number of H-pyrrole nitrogens is 2. The summed E-state index contributed by atoms with van der Waals surface area (Å²) in [5.41, 5.74) is 5.57. The number of likely N-dealkylation sites (N-methyl/N-ethyl adjacent to an activating group) is 4. The van der Waals surface area contributed by atoms with Gasteiger partial charge in [0.05, 0.1) is 38.8 Å². The van der Waals surface area contributed by atoms with Crippen molar-refractivity contribution >= 4 is 118 Å². The van der Waals surface area contributed by atoms with E-state index in [1.54, 1.807) is 59.8 Å². The first-order valence-corrected chi connectivity index (χ1v) is 33.1. The van der Waals surface area contributed by atoms with Crippen molar-refractivity contribution in [1.82, 2.24) is 99.0 Å². The quantitative estimate of drug-likeness (QED) is 0.0192. The number of fused-ring (bicyclic) bond motifs is 2. The van der Waals surface area contributed by atoms with Crippen molar-refractivity contribution < 1.29 is 38.4 Å². The molecular weight excluding hydrogens is 1270 g/mol. The molecular formula is C54H89N24O12P3. The summed E-state index contributed by atoms with van der Waals surface area (Å²) in [6, 6.07) is 1.64. The number of imidazole rings is 2. The van der Waals surface area contributed by atoms with E-state index in [1.807, 2.05) is 0 Å². The van der Waals surface area contributed by atoms with Gasteiger partial charge in [0.1, 0.15) is 60.6 Å². The average Bonchev–Trinajstić information content (AvgIpc) is 1.69. The first-order chi connectivity index (χ1) is 43.6. The van der Waals surface area contributed by atoms with Gasteiger partial charge in [0, 0.05) is 91.9 Å². The number of nitrogens with one attached hydrogen (secondary N) is 9. The number of aryl methyl sites for hydroxylation is 1. The van der Waals surface area contributed by atoms with Crippen molar-refractivity contribution in [2.75, 3.05) is 142 Å². The molecule has 2 unspecified atom stereocenters. The molecule has 6 rings (SSSR count). The Labute approximate surface area is 542 Å². The van der Waals surface area contributed by atoms with Crippen LogP contribution in [0.15, 0.2) is 50.3 Å². The third-order valence-corrected chi connectivity index (χ3v) is 13.8. The number of rotatable bonds is 32. The lowest BCUT2D eigenvalue weighted by molar-refractivity contribution is -0.135. The zero-order valence-electron chi connectivity index (χ0n) is 53.5. The van der Waals surface area contributed by atoms with Crippen molar-refractivity contribution in [1.29, 1.82) is 0 Å². The number of hydrogen-bond acceptors (Lipinski definition) is 26. The molecule has 11 N–H and O–H groups in total. The van der Waals surface area contributed by atoms with Gasteiger partial charge >= 0.3 is 11.4 Å². The minimum atomic E-state index is -0.643. The smallest absolute Gasteiger partial charge is 0.349 e. The van der Waals surface area contributed by atoms with Crippen molar-refractivity contribution in [3.63, 3.8) is 0 Å². The number of carbonyl (C=O) groups excluding carboxylic acids is 8. The van der Waals surface area contributed by atoms with Crippen LogP contribution in [-0.4, -0.2) is 245 Å². The van der Waals surface area contributed by atoms with Crippen molar-refractivity contribution in [3.8, 4) is 0 Å². The molecule has 4 amide bonds. The predicted molar refractivity (Wildman–Crippen MR) is 363 cm³/mol. The molecule has 0 bridgehead atoms. The average molecular weight is 1360 g/mol. The Hall–Kier alpha value is -8.65. The topological polar surface area (TPSA) is 457 Å². The number of Topliss-reactive ketones (excluding diaryl/α,β-unsaturated/α-hetero) is 4. The Kier molecular flexibility index (Phi) is 35.5. The van der Waals surface area contributed by atoms with Crippen molar-refractivity contribution in [3.05, 3.63) is 78.4 Å². The number of nitrogen functional groups attached to an aromatic ring is 1. The summed E-state index contributed by atoms with van der Waals surface area (Å²) in [4.78, 5) is 177. The third kappa shape index (κ3) is 27.2. The van der Waals surface area contributed by atoms with Crippen LogP contribution >= 0.6 is 25.3 Å². The van der Waals surface area contributed by atoms with Crippen LogP contribution in [0.25, 0.3) is 22.3 Å². The van der Waals surface area contributed by atoms with E-state index < -0.39 is 24.4 Å². The number of aromatic nitrogens is 12. The highest BCUT2D eigenvalue weighted by Crippen LogP contribution is 2.51. The zero-order chi connectivity index (χ0) is 68.8. The van der Waals surface area contributed by atoms with E-state index in [-0.39, 0.29) is 129 Å². The molecule has 2 atom stereocenters. The maximum Gasteiger partial charge on any atom is 0.349 e. The number of nitrogens with zero attached hydrogens (tertiary/aromatic N) is 14. The van der Waals surface area contributed by atoms with Gasteiger partial charge in [0.25, 0.3) is 11.1 Å². The van der Waals surface area contributed by atoms with Crippen LogP contribution in [0.1, 0.15) is 40.7 Å². The maximum atomic E-state index is 12.5. The number of carbonyl (C=O) groups is 8. The van der Waals surface area contributed by atoms with Crippen LogP contribution in [0, 0.1) is 6.92 Å². The Morgan fingerprint density at radius 3 is 1.34 bits per heavy atom. The van der Waals surface area contributed by atoms with Gasteiger partial charge in [-0.25, -0.2) is 19.6 Å². The number of hydrogen-bond donors (Lipinski definition) is 10. The molecule has 6 heterocycles. The van der Waals surface area contributed by atoms with Crippen molar-refractivity contribution in [2.45, 2.75) is 68.2 Å². The van der Waals surface area contributed by atoms with Gasteiger partial charge in [-0.3, -0.25) is 67.0 Å². The third-order valence-electron chi connectivity index (χ3n) is 12.5. The summed E-state index contributed by atoms with van der Waals surface area (Å²) >= 11 is 0. The lowest BCUT2D eigenvalue weighted by atomic mass is 10.3. The SMILES string of the molecule is C.CNCCN(CC(C)=O)C(=O)Cn1cc(C)c(=O)[nH]c1=O.CNCCN(CC(C)=O)C(=O)Cn1ccc(NP(P)P)nc1=O.CNCCN(CC(C)=O)C(=O)Cn1cnc2c(=O)[nH]c(NC)nc21.CNCCN(CC(C)=O)C(=O)Cn1cnc2c(N)nc(NC)nc21. The summed E-state index contributed by atoms with van der Waals surface area (Å²) in [5.74, 6) is -0.136. The number of amides is 4. The molecule has 0 aromatic carbocycles. The molecule has 39 heteroatoms. The summed E-state index contributed by atoms with van der Waals surface area (Å²) in [5, 5.41) is 20.3. The Morgan fingerprint density at radius 1 is 0.548 bits per heavy atom. The second-order valence-corrected chi connectivity index (χ2v) is 26.5. The van der Waals surface area contributed by atoms with Crippen LogP contribution in [0.5, 0.6) is 0 Å². The first kappa shape index (κ1) is 80.4. The molecule has 0 fully saturated rings. The molecule has 0 saturated heterocycles. The van der Waals surface area contributed by atoms with Gasteiger partial charge in [0.15, 0.2) is 22.6 Å². The summed E-state index contributed by atoms with van der Waals surface area (Å²) in [6.45, 7) is 11.0. The molecule has 512 valence electrons. The Morgan fingerprint density at radius 2 is 0.957 bits per heavy atom. The monoisotopic (exact) mass is 1360 g/mol. The van der Waals surface area contributed by atoms with E-state index in [9.17, 15) is 57.5 Å². The molecule has 6 aromatic rings. The van der Waals surface area contributed by atoms with Crippen LogP contribution in [0.3, 0.4) is 0 Å². The molecule has 93 heavy (non-hydrogen) atoms. The normalized spacial score (nSPS) is 10.6. The minimum Gasteiger partial charge on any atom is -0.382 e. The van der Waals surface area contributed by atoms with Crippen LogP contribution in [-0.2, 0) is 64.5 Å². The standard InChI is InChI=1S/C14H22N8O2.C14H21N7O3.C13H20N4O4.C12H22N5O3P3.CH4/c1-9(23)6-21(5-4-16-2)10(24)7-22-8-18-11-12(15)19-14(17-3)20-13(11)22;1-9(22)6-20(5-4-15-2)10(23)7-21-8-17-11-12(21)18-14(16-3)19-13(11)24;1-9-6-17(13(21)15-12(9)20)8-11(19)16(5-4-14-3)7-10(2)18;1-9(18)7-16(6-4-13-2)11(19)8-17-5-3-10(14-12(17)20)15-23(21)22;/h8,16H,4-7H2,1-3H3,(H3,15,17,19,20);8,15H,4-7H2,1-3H3,(H2,16,18,19,24);6,14H,4-5,7-8H2,1-3H3,(H,15,20,21);3,5,13H,4,6-8,21-22H2,1-2H3,(H,14,15,20);1H4. The van der Waals surface area contributed by atoms with Crippen LogP contribution < -0.4 is 65.2 Å². The fraction of sp³-hybridized carbons (Fsp3) is 0.519. The molecule has 6 aromatic heterocycles. The second-order valence-electron chi connectivity index (χ2n) is 20.4. The molecule has 0 radical (unpaired) electrons. The lowest BCUT2D eigenvalue weighted by Crippen LogP contribution is -2.43. The summed E-state index contributed by atoms with van der Waals surface area (Å²) < 4.78 is 5.46. The Bertz CT molecular complexity index is 3740. The van der Waals surface area contributed by atoms with Crippen LogP contribution in [0.2, 0.25) is 0 Å². The predicted octanol–water partition coefficient (Wildman–Crippen LogP) is -2.73. The highest BCUT2D eigenvalue weighted by Gasteiger charge is 2.22. The number of aromatic amines is 2. The van der Waals surface area contributed by atoms with E-state index in [1.165, 1.54) is 81.5 Å². The van der Waals surface area contributed by atoms with E-state index >= 15 is 0 Å².